The molecule has 0 aromatic rings. The van der Waals surface area contributed by atoms with Crippen molar-refractivity contribution in [2.24, 2.45) is 17.8 Å². The predicted octanol–water partition coefficient (Wildman–Crippen LogP) is -3.71. The fourth-order valence-corrected chi connectivity index (χ4v) is 6.41. The highest BCUT2D eigenvalue weighted by Crippen LogP contribution is 2.28. The summed E-state index contributed by atoms with van der Waals surface area (Å²) in [6, 6.07) is -4.72. The van der Waals surface area contributed by atoms with E-state index in [-0.39, 0.29) is 18.1 Å². The van der Waals surface area contributed by atoms with Gasteiger partial charge in [0.1, 0.15) is 18.1 Å². The van der Waals surface area contributed by atoms with E-state index in [9.17, 15) is 44.1 Å². The minimum Gasteiger partial charge on any atom is -0.394 e. The number of rotatable bonds is 3. The summed E-state index contributed by atoms with van der Waals surface area (Å²) in [6.07, 6.45) is 3.65. The molecule has 1 saturated heterocycles. The van der Waals surface area contributed by atoms with Crippen LogP contribution < -0.4 is 31.9 Å². The molecule has 0 unspecified atom stereocenters. The van der Waals surface area contributed by atoms with E-state index in [2.05, 4.69) is 31.9 Å². The number of hydrogen-bond donors (Lipinski definition) is 9. The van der Waals surface area contributed by atoms with Crippen molar-refractivity contribution in [1.82, 2.24) is 31.9 Å². The lowest BCUT2D eigenvalue weighted by Gasteiger charge is -2.23. The number of aliphatic hydroxyl groups excluding tert-OH is 3. The molecule has 4 fully saturated rings. The molecule has 6 amide bonds. The number of amides is 6. The van der Waals surface area contributed by atoms with Crippen molar-refractivity contribution in [2.75, 3.05) is 19.8 Å². The summed E-state index contributed by atoms with van der Waals surface area (Å²) in [7, 11) is 0. The van der Waals surface area contributed by atoms with E-state index in [1.54, 1.807) is 0 Å². The minimum absolute atomic E-state index is 0.293. The van der Waals surface area contributed by atoms with Crippen LogP contribution in [-0.4, -0.2) is 107 Å². The Balaban J connectivity index is 1.47. The highest BCUT2D eigenvalue weighted by Gasteiger charge is 2.38. The van der Waals surface area contributed by atoms with Crippen molar-refractivity contribution in [3.05, 3.63) is 0 Å². The van der Waals surface area contributed by atoms with E-state index < -0.39 is 91.1 Å². The average Bonchev–Trinajstić information content (AvgIpc) is 3.74. The third kappa shape index (κ3) is 7.75. The van der Waals surface area contributed by atoms with E-state index >= 15 is 0 Å². The fraction of sp³-hybridized carbons (Fsp3) is 0.778. The van der Waals surface area contributed by atoms with Gasteiger partial charge in [-0.05, 0) is 57.8 Å². The van der Waals surface area contributed by atoms with Crippen molar-refractivity contribution in [1.29, 1.82) is 0 Å². The van der Waals surface area contributed by atoms with E-state index in [1.807, 2.05) is 0 Å². The molecule has 1 heterocycles. The third-order valence-corrected chi connectivity index (χ3v) is 8.90. The van der Waals surface area contributed by atoms with Crippen molar-refractivity contribution in [3.63, 3.8) is 0 Å². The summed E-state index contributed by atoms with van der Waals surface area (Å²) >= 11 is 0. The lowest BCUT2D eigenvalue weighted by atomic mass is 10.0. The zero-order valence-electron chi connectivity index (χ0n) is 23.5. The molecule has 15 nitrogen and oxygen atoms in total. The molecule has 1 aliphatic heterocycles. The van der Waals surface area contributed by atoms with Gasteiger partial charge in [-0.3, -0.25) is 28.8 Å². The molecule has 0 aromatic carbocycles. The minimum atomic E-state index is -1.20. The van der Waals surface area contributed by atoms with E-state index in [0.717, 1.165) is 0 Å². The molecule has 3 saturated carbocycles. The van der Waals surface area contributed by atoms with E-state index in [0.29, 0.717) is 57.8 Å². The Morgan fingerprint density at radius 2 is 0.667 bits per heavy atom. The van der Waals surface area contributed by atoms with Crippen LogP contribution in [0.4, 0.5) is 0 Å². The summed E-state index contributed by atoms with van der Waals surface area (Å²) in [6.45, 7) is -1.89. The second kappa shape index (κ2) is 14.2. The number of fused-ring (bicyclic) bond motifs is 6. The summed E-state index contributed by atoms with van der Waals surface area (Å²) in [4.78, 5) is 77.1. The summed E-state index contributed by atoms with van der Waals surface area (Å²) in [5.74, 6) is -4.58. The number of aliphatic hydroxyl groups is 3. The Hall–Kier alpha value is -3.30. The lowest BCUT2D eigenvalue weighted by Crippen LogP contribution is -2.53. The lowest BCUT2D eigenvalue weighted by molar-refractivity contribution is -0.133. The van der Waals surface area contributed by atoms with Crippen molar-refractivity contribution in [3.8, 4) is 0 Å². The summed E-state index contributed by atoms with van der Waals surface area (Å²) < 4.78 is 0. The number of carbonyl (C=O) groups excluding carboxylic acids is 6. The number of nitrogens with one attached hydrogen (secondary N) is 6. The van der Waals surface area contributed by atoms with Crippen molar-refractivity contribution in [2.45, 2.75) is 94.0 Å². The Kier molecular flexibility index (Phi) is 10.7. The largest absolute Gasteiger partial charge is 0.394 e. The van der Waals surface area contributed by atoms with E-state index in [1.165, 1.54) is 0 Å². The first-order chi connectivity index (χ1) is 20.1. The zero-order chi connectivity index (χ0) is 30.4. The molecule has 234 valence electrons. The van der Waals surface area contributed by atoms with Gasteiger partial charge in [-0.2, -0.15) is 0 Å². The van der Waals surface area contributed by atoms with Gasteiger partial charge in [0.15, 0.2) is 0 Å². The SMILES string of the molecule is O=C1N[C@H](CO)C(=O)N[C@H]2CC[C@H](C2)C(=O)N[C@H](CO)C(=O)N[C@H]2CC[C@H](C2)C(=O)N[C@H](CO)C(=O)N[C@H]2CC[C@@H]1C2. The van der Waals surface area contributed by atoms with Gasteiger partial charge in [-0.25, -0.2) is 0 Å². The molecule has 6 bridgehead atoms. The van der Waals surface area contributed by atoms with Crippen molar-refractivity contribution < 1.29 is 44.1 Å². The van der Waals surface area contributed by atoms with Gasteiger partial charge >= 0.3 is 0 Å². The molecule has 4 aliphatic rings. The Labute approximate surface area is 243 Å². The molecular weight excluding hydrogens is 552 g/mol. The van der Waals surface area contributed by atoms with Crippen molar-refractivity contribution >= 4 is 35.4 Å². The van der Waals surface area contributed by atoms with Crippen LogP contribution in [0.2, 0.25) is 0 Å². The Morgan fingerprint density at radius 3 is 0.905 bits per heavy atom. The number of carbonyl (C=O) groups is 6. The fourth-order valence-electron chi connectivity index (χ4n) is 6.41. The normalized spacial score (nSPS) is 37.1. The Morgan fingerprint density at radius 1 is 0.405 bits per heavy atom. The average molecular weight is 595 g/mol. The highest BCUT2D eigenvalue weighted by molar-refractivity contribution is 5.91. The first-order valence-corrected chi connectivity index (χ1v) is 14.8. The van der Waals surface area contributed by atoms with Gasteiger partial charge in [-0.15, -0.1) is 0 Å². The van der Waals surface area contributed by atoms with Crippen LogP contribution in [0.15, 0.2) is 0 Å². The number of hydrogen-bond acceptors (Lipinski definition) is 9. The van der Waals surface area contributed by atoms with Gasteiger partial charge < -0.3 is 47.2 Å². The van der Waals surface area contributed by atoms with Crippen LogP contribution >= 0.6 is 0 Å². The van der Waals surface area contributed by atoms with Crippen LogP contribution in [0.3, 0.4) is 0 Å². The summed E-state index contributed by atoms with van der Waals surface area (Å²) in [5.41, 5.74) is 0. The van der Waals surface area contributed by atoms with Crippen LogP contribution in [0.25, 0.3) is 0 Å². The van der Waals surface area contributed by atoms with Gasteiger partial charge in [0.2, 0.25) is 35.4 Å². The smallest absolute Gasteiger partial charge is 0.245 e. The molecule has 0 spiro atoms. The second-order valence-electron chi connectivity index (χ2n) is 11.9. The second-order valence-corrected chi connectivity index (χ2v) is 11.9. The molecule has 3 aliphatic carbocycles. The molecule has 0 radical (unpaired) electrons. The highest BCUT2D eigenvalue weighted by atomic mass is 16.3. The van der Waals surface area contributed by atoms with Crippen LogP contribution in [0, 0.1) is 17.8 Å². The molecule has 4 rings (SSSR count). The topological polar surface area (TPSA) is 235 Å². The van der Waals surface area contributed by atoms with Crippen LogP contribution in [-0.2, 0) is 28.8 Å². The quantitative estimate of drug-likeness (QED) is 0.156. The van der Waals surface area contributed by atoms with Gasteiger partial charge in [-0.1, -0.05) is 0 Å². The van der Waals surface area contributed by atoms with Crippen LogP contribution in [0.1, 0.15) is 57.8 Å². The summed E-state index contributed by atoms with van der Waals surface area (Å²) in [5, 5.41) is 45.4. The maximum Gasteiger partial charge on any atom is 0.245 e. The first-order valence-electron chi connectivity index (χ1n) is 14.8. The Bertz CT molecular complexity index is 929. The molecule has 9 atom stereocenters. The monoisotopic (exact) mass is 594 g/mol. The zero-order valence-corrected chi connectivity index (χ0v) is 23.5. The first kappa shape index (κ1) is 31.6. The maximum atomic E-state index is 12.9. The molecular formula is C27H42N6O9. The molecule has 15 heteroatoms. The molecule has 0 aromatic heterocycles. The van der Waals surface area contributed by atoms with E-state index in [4.69, 9.17) is 0 Å². The van der Waals surface area contributed by atoms with Gasteiger partial charge in [0.05, 0.1) is 19.8 Å². The van der Waals surface area contributed by atoms with Gasteiger partial charge in [0.25, 0.3) is 0 Å². The van der Waals surface area contributed by atoms with Gasteiger partial charge in [0, 0.05) is 35.9 Å². The molecule has 42 heavy (non-hydrogen) atoms. The van der Waals surface area contributed by atoms with Crippen LogP contribution in [0.5, 0.6) is 0 Å². The third-order valence-electron chi connectivity index (χ3n) is 8.90. The molecule has 9 N–H and O–H groups in total. The maximum absolute atomic E-state index is 12.9. The standard InChI is InChI=1S/C27H42N6O9/c34-10-19-26(41)29-17-5-2-15(8-17)24(39)33-21(12-36)27(42)30-18-6-3-14(9-18)23(38)32-20(11-35)25(40)28-16-4-1-13(7-16)22(37)31-19/h13-21,34-36H,1-12H2,(H,28,40)(H,29,41)(H,30,42)(H,31,37)(H,32,38)(H,33,39)/t13-,14-,15-,16+,17+,18+,19-,20-,21-/m1/s1. The predicted molar refractivity (Wildman–Crippen MR) is 145 cm³/mol.